The summed E-state index contributed by atoms with van der Waals surface area (Å²) in [5.74, 6) is 0.927. The van der Waals surface area contributed by atoms with Gasteiger partial charge in [0.1, 0.15) is 11.9 Å². The molecule has 0 fully saturated rings. The van der Waals surface area contributed by atoms with Crippen LogP contribution in [0.1, 0.15) is 13.8 Å². The van der Waals surface area contributed by atoms with E-state index in [0.717, 1.165) is 24.5 Å². The third-order valence-electron chi connectivity index (χ3n) is 2.35. The highest BCUT2D eigenvalue weighted by Crippen LogP contribution is 2.20. The number of nitrogens with zero attached hydrogens (tertiary/aromatic N) is 1. The molecule has 3 heteroatoms. The molecule has 0 saturated carbocycles. The molecule has 0 heterocycles. The van der Waals surface area contributed by atoms with Crippen LogP contribution in [0.25, 0.3) is 0 Å². The lowest BCUT2D eigenvalue weighted by Crippen LogP contribution is -2.28. The summed E-state index contributed by atoms with van der Waals surface area (Å²) in [4.78, 5) is 2.07. The molecule has 0 radical (unpaired) electrons. The van der Waals surface area contributed by atoms with Gasteiger partial charge in [0, 0.05) is 32.4 Å². The molecule has 0 saturated heterocycles. The van der Waals surface area contributed by atoms with E-state index >= 15 is 0 Å². The molecule has 16 heavy (non-hydrogen) atoms. The maximum absolute atomic E-state index is 5.82. The van der Waals surface area contributed by atoms with E-state index in [2.05, 4.69) is 36.2 Å². The summed E-state index contributed by atoms with van der Waals surface area (Å²) in [6.07, 6.45) is 0.192. The SMILES string of the molecule is CCNCC(C)Oc1cccc(N(C)C)c1. The van der Waals surface area contributed by atoms with Crippen molar-refractivity contribution in [1.29, 1.82) is 0 Å². The molecule has 0 aliphatic rings. The van der Waals surface area contributed by atoms with Crippen LogP contribution in [0.3, 0.4) is 0 Å². The van der Waals surface area contributed by atoms with Gasteiger partial charge in [0.15, 0.2) is 0 Å². The summed E-state index contributed by atoms with van der Waals surface area (Å²) >= 11 is 0. The van der Waals surface area contributed by atoms with Crippen LogP contribution in [-0.2, 0) is 0 Å². The second kappa shape index (κ2) is 6.38. The average molecular weight is 222 g/mol. The third kappa shape index (κ3) is 4.11. The number of rotatable bonds is 6. The Bertz CT molecular complexity index is 313. The number of anilines is 1. The molecule has 0 aliphatic heterocycles. The Kier molecular flexibility index (Phi) is 5.12. The van der Waals surface area contributed by atoms with E-state index in [0.29, 0.717) is 0 Å². The molecule has 90 valence electrons. The molecular formula is C13H22N2O. The lowest BCUT2D eigenvalue weighted by Gasteiger charge is -2.17. The minimum Gasteiger partial charge on any atom is -0.489 e. The van der Waals surface area contributed by atoms with Gasteiger partial charge in [-0.2, -0.15) is 0 Å². The first-order valence-corrected chi connectivity index (χ1v) is 5.78. The van der Waals surface area contributed by atoms with Crippen LogP contribution in [0.5, 0.6) is 5.75 Å². The quantitative estimate of drug-likeness (QED) is 0.798. The van der Waals surface area contributed by atoms with Crippen molar-refractivity contribution in [2.24, 2.45) is 0 Å². The Morgan fingerprint density at radius 2 is 2.12 bits per heavy atom. The molecule has 3 nitrogen and oxygen atoms in total. The topological polar surface area (TPSA) is 24.5 Å². The van der Waals surface area contributed by atoms with Gasteiger partial charge in [-0.1, -0.05) is 13.0 Å². The number of ether oxygens (including phenoxy) is 1. The zero-order chi connectivity index (χ0) is 12.0. The van der Waals surface area contributed by atoms with Gasteiger partial charge in [-0.15, -0.1) is 0 Å². The molecule has 1 unspecified atom stereocenters. The van der Waals surface area contributed by atoms with Crippen molar-refractivity contribution >= 4 is 5.69 Å². The van der Waals surface area contributed by atoms with Gasteiger partial charge in [-0.3, -0.25) is 0 Å². The van der Waals surface area contributed by atoms with E-state index in [4.69, 9.17) is 4.74 Å². The summed E-state index contributed by atoms with van der Waals surface area (Å²) in [5.41, 5.74) is 1.16. The van der Waals surface area contributed by atoms with Crippen molar-refractivity contribution in [2.45, 2.75) is 20.0 Å². The molecule has 0 spiro atoms. The molecule has 1 N–H and O–H groups in total. The lowest BCUT2D eigenvalue weighted by atomic mass is 10.3. The largest absolute Gasteiger partial charge is 0.489 e. The molecule has 0 bridgehead atoms. The Balaban J connectivity index is 2.56. The maximum Gasteiger partial charge on any atom is 0.121 e. The smallest absolute Gasteiger partial charge is 0.121 e. The highest BCUT2D eigenvalue weighted by Gasteiger charge is 2.04. The monoisotopic (exact) mass is 222 g/mol. The fraction of sp³-hybridized carbons (Fsp3) is 0.538. The van der Waals surface area contributed by atoms with Crippen molar-refractivity contribution < 1.29 is 4.74 Å². The van der Waals surface area contributed by atoms with E-state index in [1.807, 2.05) is 26.2 Å². The van der Waals surface area contributed by atoms with Crippen LogP contribution in [-0.4, -0.2) is 33.3 Å². The first kappa shape index (κ1) is 12.8. The second-order valence-electron chi connectivity index (χ2n) is 4.13. The van der Waals surface area contributed by atoms with Gasteiger partial charge in [0.2, 0.25) is 0 Å². The average Bonchev–Trinajstić information content (AvgIpc) is 2.26. The van der Waals surface area contributed by atoms with Crippen molar-refractivity contribution in [3.63, 3.8) is 0 Å². The molecule has 1 rings (SSSR count). The van der Waals surface area contributed by atoms with E-state index in [1.54, 1.807) is 0 Å². The van der Waals surface area contributed by atoms with Crippen LogP contribution in [0.15, 0.2) is 24.3 Å². The van der Waals surface area contributed by atoms with Crippen LogP contribution >= 0.6 is 0 Å². The lowest BCUT2D eigenvalue weighted by molar-refractivity contribution is 0.218. The fourth-order valence-corrected chi connectivity index (χ4v) is 1.46. The zero-order valence-corrected chi connectivity index (χ0v) is 10.7. The predicted octanol–water partition coefficient (Wildman–Crippen LogP) is 2.13. The second-order valence-corrected chi connectivity index (χ2v) is 4.13. The number of benzene rings is 1. The van der Waals surface area contributed by atoms with Crippen molar-refractivity contribution in [1.82, 2.24) is 5.32 Å². The van der Waals surface area contributed by atoms with Crippen LogP contribution in [0.4, 0.5) is 5.69 Å². The molecular weight excluding hydrogens is 200 g/mol. The van der Waals surface area contributed by atoms with E-state index in [-0.39, 0.29) is 6.10 Å². The summed E-state index contributed by atoms with van der Waals surface area (Å²) in [7, 11) is 4.06. The Labute approximate surface area is 98.4 Å². The summed E-state index contributed by atoms with van der Waals surface area (Å²) < 4.78 is 5.82. The summed E-state index contributed by atoms with van der Waals surface area (Å²) in [6.45, 7) is 6.03. The first-order chi connectivity index (χ1) is 7.63. The van der Waals surface area contributed by atoms with E-state index in [9.17, 15) is 0 Å². The van der Waals surface area contributed by atoms with Gasteiger partial charge in [-0.05, 0) is 25.6 Å². The van der Waals surface area contributed by atoms with Gasteiger partial charge in [0.05, 0.1) is 0 Å². The minimum atomic E-state index is 0.192. The van der Waals surface area contributed by atoms with E-state index < -0.39 is 0 Å². The zero-order valence-electron chi connectivity index (χ0n) is 10.7. The highest BCUT2D eigenvalue weighted by atomic mass is 16.5. The molecule has 1 aromatic carbocycles. The Morgan fingerprint density at radius 3 is 2.75 bits per heavy atom. The highest BCUT2D eigenvalue weighted by molar-refractivity contribution is 5.49. The minimum absolute atomic E-state index is 0.192. The normalized spacial score (nSPS) is 12.2. The Morgan fingerprint density at radius 1 is 1.38 bits per heavy atom. The molecule has 1 atom stereocenters. The first-order valence-electron chi connectivity index (χ1n) is 5.78. The third-order valence-corrected chi connectivity index (χ3v) is 2.35. The van der Waals surface area contributed by atoms with Crippen molar-refractivity contribution in [2.75, 3.05) is 32.1 Å². The summed E-state index contributed by atoms with van der Waals surface area (Å²) in [5, 5.41) is 3.27. The van der Waals surface area contributed by atoms with Crippen LogP contribution < -0.4 is 15.0 Å². The number of hydrogen-bond donors (Lipinski definition) is 1. The molecule has 1 aromatic rings. The predicted molar refractivity (Wildman–Crippen MR) is 69.4 cm³/mol. The Hall–Kier alpha value is -1.22. The van der Waals surface area contributed by atoms with Crippen molar-refractivity contribution in [3.8, 4) is 5.75 Å². The maximum atomic E-state index is 5.82. The molecule has 0 aliphatic carbocycles. The number of likely N-dealkylation sites (N-methyl/N-ethyl adjacent to an activating group) is 1. The molecule has 0 amide bonds. The standard InChI is InChI=1S/C13H22N2O/c1-5-14-10-11(2)16-13-8-6-7-12(9-13)15(3)4/h6-9,11,14H,5,10H2,1-4H3. The summed E-state index contributed by atoms with van der Waals surface area (Å²) in [6, 6.07) is 8.14. The molecule has 0 aromatic heterocycles. The van der Waals surface area contributed by atoms with Gasteiger partial charge >= 0.3 is 0 Å². The van der Waals surface area contributed by atoms with E-state index in [1.165, 1.54) is 0 Å². The number of hydrogen-bond acceptors (Lipinski definition) is 3. The van der Waals surface area contributed by atoms with Gasteiger partial charge in [0.25, 0.3) is 0 Å². The van der Waals surface area contributed by atoms with Crippen LogP contribution in [0.2, 0.25) is 0 Å². The van der Waals surface area contributed by atoms with Gasteiger partial charge in [-0.25, -0.2) is 0 Å². The van der Waals surface area contributed by atoms with Gasteiger partial charge < -0.3 is 15.0 Å². The fourth-order valence-electron chi connectivity index (χ4n) is 1.46. The number of nitrogens with one attached hydrogen (secondary N) is 1. The van der Waals surface area contributed by atoms with Crippen molar-refractivity contribution in [3.05, 3.63) is 24.3 Å². The van der Waals surface area contributed by atoms with Crippen LogP contribution in [0, 0.1) is 0 Å².